The van der Waals surface area contributed by atoms with Crippen LogP contribution in [-0.2, 0) is 5.75 Å². The van der Waals surface area contributed by atoms with E-state index in [4.69, 9.17) is 0 Å². The van der Waals surface area contributed by atoms with E-state index in [0.717, 1.165) is 45.9 Å². The maximum absolute atomic E-state index is 13.1. The van der Waals surface area contributed by atoms with Gasteiger partial charge in [0.25, 0.3) is 5.91 Å². The number of hydrogen-bond acceptors (Lipinski definition) is 4. The Kier molecular flexibility index (Phi) is 5.66. The summed E-state index contributed by atoms with van der Waals surface area (Å²) in [7, 11) is 0. The number of amides is 1. The van der Waals surface area contributed by atoms with Crippen LogP contribution in [0, 0.1) is 0 Å². The molecule has 0 atom stereocenters. The predicted molar refractivity (Wildman–Crippen MR) is 138 cm³/mol. The van der Waals surface area contributed by atoms with Gasteiger partial charge in [-0.15, -0.1) is 11.8 Å². The van der Waals surface area contributed by atoms with Gasteiger partial charge in [-0.25, -0.2) is 9.78 Å². The van der Waals surface area contributed by atoms with Crippen molar-refractivity contribution in [2.75, 3.05) is 13.1 Å². The first kappa shape index (κ1) is 21.7. The highest BCUT2D eigenvalue weighted by atomic mass is 32.2. The Balaban J connectivity index is 1.07. The van der Waals surface area contributed by atoms with Crippen LogP contribution in [0.1, 0.15) is 34.9 Å². The number of aromatic nitrogens is 4. The molecule has 2 aromatic carbocycles. The third-order valence-corrected chi connectivity index (χ3v) is 7.69. The molecule has 1 amide bonds. The van der Waals surface area contributed by atoms with E-state index in [9.17, 15) is 9.59 Å². The molecule has 1 saturated heterocycles. The first-order chi connectivity index (χ1) is 17.2. The van der Waals surface area contributed by atoms with Gasteiger partial charge < -0.3 is 14.3 Å². The number of nitrogens with zero attached hydrogens (tertiary/aromatic N) is 4. The van der Waals surface area contributed by atoms with E-state index >= 15 is 0 Å². The summed E-state index contributed by atoms with van der Waals surface area (Å²) in [6.45, 7) is 1.28. The van der Waals surface area contributed by atoms with Crippen molar-refractivity contribution in [3.63, 3.8) is 0 Å². The lowest BCUT2D eigenvalue weighted by molar-refractivity contribution is 0.0695. The molecule has 1 aliphatic rings. The van der Waals surface area contributed by atoms with Crippen molar-refractivity contribution < 1.29 is 4.79 Å². The van der Waals surface area contributed by atoms with E-state index in [-0.39, 0.29) is 17.6 Å². The number of imidazole rings is 2. The summed E-state index contributed by atoms with van der Waals surface area (Å²) in [5.74, 6) is 0.821. The van der Waals surface area contributed by atoms with Gasteiger partial charge in [0.2, 0.25) is 0 Å². The third kappa shape index (κ3) is 4.25. The second-order valence-electron chi connectivity index (χ2n) is 8.85. The Morgan fingerprint density at radius 3 is 2.57 bits per heavy atom. The van der Waals surface area contributed by atoms with Gasteiger partial charge >= 0.3 is 5.69 Å². The molecule has 0 bridgehead atoms. The molecule has 35 heavy (non-hydrogen) atoms. The number of carbonyl (C=O) groups excluding carboxylic acids is 1. The maximum atomic E-state index is 13.1. The largest absolute Gasteiger partial charge is 0.338 e. The van der Waals surface area contributed by atoms with Crippen LogP contribution in [0.5, 0.6) is 0 Å². The minimum Gasteiger partial charge on any atom is -0.338 e. The van der Waals surface area contributed by atoms with Crippen molar-refractivity contribution >= 4 is 34.3 Å². The number of rotatable bonds is 5. The van der Waals surface area contributed by atoms with Crippen molar-refractivity contribution in [1.29, 1.82) is 0 Å². The molecule has 7 nitrogen and oxygen atoms in total. The molecular weight excluding hydrogens is 458 g/mol. The molecule has 0 saturated carbocycles. The van der Waals surface area contributed by atoms with Crippen molar-refractivity contribution in [1.82, 2.24) is 23.8 Å². The highest BCUT2D eigenvalue weighted by Crippen LogP contribution is 2.27. The molecule has 176 valence electrons. The van der Waals surface area contributed by atoms with Gasteiger partial charge in [-0.3, -0.25) is 9.36 Å². The van der Waals surface area contributed by atoms with Crippen LogP contribution in [0.2, 0.25) is 0 Å². The third-order valence-electron chi connectivity index (χ3n) is 6.64. The molecule has 0 radical (unpaired) electrons. The first-order valence-corrected chi connectivity index (χ1v) is 12.8. The number of thioether (sulfide) groups is 1. The second-order valence-corrected chi connectivity index (χ2v) is 9.90. The highest BCUT2D eigenvalue weighted by Gasteiger charge is 2.26. The Bertz CT molecular complexity index is 1530. The Morgan fingerprint density at radius 1 is 1.00 bits per heavy atom. The van der Waals surface area contributed by atoms with E-state index in [1.54, 1.807) is 11.8 Å². The molecule has 0 unspecified atom stereocenters. The molecule has 0 spiro atoms. The van der Waals surface area contributed by atoms with Crippen molar-refractivity contribution in [3.05, 3.63) is 101 Å². The van der Waals surface area contributed by atoms with Crippen molar-refractivity contribution in [2.24, 2.45) is 0 Å². The minimum atomic E-state index is -0.0762. The number of hydrogen-bond donors (Lipinski definition) is 1. The number of carbonyl (C=O) groups is 1. The summed E-state index contributed by atoms with van der Waals surface area (Å²) in [4.78, 5) is 36.2. The molecule has 3 aromatic heterocycles. The molecule has 6 rings (SSSR count). The van der Waals surface area contributed by atoms with Crippen LogP contribution < -0.4 is 5.69 Å². The monoisotopic (exact) mass is 483 g/mol. The van der Waals surface area contributed by atoms with Gasteiger partial charge in [0.1, 0.15) is 5.65 Å². The van der Waals surface area contributed by atoms with Crippen molar-refractivity contribution in [2.45, 2.75) is 29.5 Å². The zero-order chi connectivity index (χ0) is 23.8. The van der Waals surface area contributed by atoms with Gasteiger partial charge in [-0.05, 0) is 61.4 Å². The first-order valence-electron chi connectivity index (χ1n) is 11.8. The quantitative estimate of drug-likeness (QED) is 0.366. The van der Waals surface area contributed by atoms with E-state index in [1.807, 2.05) is 93.0 Å². The fourth-order valence-corrected chi connectivity index (χ4v) is 5.64. The summed E-state index contributed by atoms with van der Waals surface area (Å²) in [6.07, 6.45) is 5.58. The molecule has 8 heteroatoms. The molecule has 1 aliphatic heterocycles. The topological polar surface area (TPSA) is 75.4 Å². The Hall–Kier alpha value is -3.78. The van der Waals surface area contributed by atoms with E-state index in [2.05, 4.69) is 9.97 Å². The number of fused-ring (bicyclic) bond motifs is 2. The van der Waals surface area contributed by atoms with E-state index in [0.29, 0.717) is 18.7 Å². The Labute approximate surface area is 206 Å². The lowest BCUT2D eigenvalue weighted by Crippen LogP contribution is -2.40. The fraction of sp³-hybridized carbons (Fsp3) is 0.222. The van der Waals surface area contributed by atoms with Gasteiger partial charge in [0.15, 0.2) is 0 Å². The molecule has 4 heterocycles. The lowest BCUT2D eigenvalue weighted by Gasteiger charge is -2.32. The predicted octanol–water partition coefficient (Wildman–Crippen LogP) is 4.75. The number of nitrogens with one attached hydrogen (secondary N) is 1. The average molecular weight is 484 g/mol. The van der Waals surface area contributed by atoms with Crippen LogP contribution in [0.3, 0.4) is 0 Å². The van der Waals surface area contributed by atoms with E-state index < -0.39 is 0 Å². The second kappa shape index (κ2) is 9.11. The van der Waals surface area contributed by atoms with Crippen LogP contribution in [-0.4, -0.2) is 42.8 Å². The number of likely N-dealkylation sites (tertiary alicyclic amines) is 1. The number of H-pyrrole nitrogens is 1. The summed E-state index contributed by atoms with van der Waals surface area (Å²) in [5, 5.41) is 0. The van der Waals surface area contributed by atoms with Crippen LogP contribution in [0.4, 0.5) is 0 Å². The summed E-state index contributed by atoms with van der Waals surface area (Å²) in [6, 6.07) is 21.7. The summed E-state index contributed by atoms with van der Waals surface area (Å²) in [5.41, 5.74) is 4.38. The summed E-state index contributed by atoms with van der Waals surface area (Å²) >= 11 is 1.71. The van der Waals surface area contributed by atoms with Gasteiger partial charge in [-0.2, -0.15) is 0 Å². The minimum absolute atomic E-state index is 0.0478. The standard InChI is InChI=1S/C27H25N5O2S/c33-26(30-15-12-21(13-16-30)32-24-6-2-1-5-23(24)29-27(32)34)19-8-10-22(11-9-19)35-18-20-17-31-14-4-3-7-25(31)28-20/h1-11,14,17,21H,12-13,15-16,18H2,(H,29,34). The zero-order valence-corrected chi connectivity index (χ0v) is 19.9. The van der Waals surface area contributed by atoms with Crippen LogP contribution >= 0.6 is 11.8 Å². The van der Waals surface area contributed by atoms with Crippen LogP contribution in [0.25, 0.3) is 16.7 Å². The zero-order valence-electron chi connectivity index (χ0n) is 19.1. The van der Waals surface area contributed by atoms with Gasteiger partial charge in [0.05, 0.1) is 16.7 Å². The average Bonchev–Trinajstić information content (AvgIpc) is 3.47. The number of benzene rings is 2. The van der Waals surface area contributed by atoms with Gasteiger partial charge in [-0.1, -0.05) is 18.2 Å². The number of pyridine rings is 1. The molecule has 0 aliphatic carbocycles. The molecule has 1 N–H and O–H groups in total. The molecular formula is C27H25N5O2S. The fourth-order valence-electron chi connectivity index (χ4n) is 4.85. The number of piperidine rings is 1. The smallest absolute Gasteiger partial charge is 0.326 e. The van der Waals surface area contributed by atoms with Crippen LogP contribution in [0.15, 0.2) is 88.8 Å². The maximum Gasteiger partial charge on any atom is 0.326 e. The molecule has 5 aromatic rings. The van der Waals surface area contributed by atoms with Gasteiger partial charge in [0, 0.05) is 47.7 Å². The lowest BCUT2D eigenvalue weighted by atomic mass is 10.0. The normalized spacial score (nSPS) is 14.7. The molecule has 1 fully saturated rings. The van der Waals surface area contributed by atoms with E-state index in [1.165, 1.54) is 0 Å². The number of aromatic amines is 1. The SMILES string of the molecule is O=C(c1ccc(SCc2cn3ccccc3n2)cc1)N1CCC(n2c(=O)[nH]c3ccccc32)CC1. The highest BCUT2D eigenvalue weighted by molar-refractivity contribution is 7.98. The summed E-state index contributed by atoms with van der Waals surface area (Å²) < 4.78 is 3.88. The number of para-hydroxylation sites is 2. The Morgan fingerprint density at radius 2 is 1.77 bits per heavy atom. The van der Waals surface area contributed by atoms with Crippen molar-refractivity contribution in [3.8, 4) is 0 Å².